The Morgan fingerprint density at radius 2 is 2.12 bits per heavy atom. The van der Waals surface area contributed by atoms with E-state index in [0.29, 0.717) is 22.2 Å². The van der Waals surface area contributed by atoms with Gasteiger partial charge in [-0.3, -0.25) is 0 Å². The van der Waals surface area contributed by atoms with E-state index >= 15 is 0 Å². The van der Waals surface area contributed by atoms with Gasteiger partial charge >= 0.3 is 5.97 Å². The molecule has 1 aromatic rings. The molecule has 0 saturated heterocycles. The molecule has 0 amide bonds. The van der Waals surface area contributed by atoms with Gasteiger partial charge in [-0.2, -0.15) is 0 Å². The van der Waals surface area contributed by atoms with Crippen LogP contribution in [0.5, 0.6) is 5.75 Å². The van der Waals surface area contributed by atoms with Crippen LogP contribution in [0, 0.1) is 0 Å². The van der Waals surface area contributed by atoms with Crippen molar-refractivity contribution in [1.29, 1.82) is 0 Å². The topological polar surface area (TPSA) is 46.5 Å². The molecule has 86 valence electrons. The highest BCUT2D eigenvalue weighted by molar-refractivity contribution is 6.34. The summed E-state index contributed by atoms with van der Waals surface area (Å²) in [7, 11) is 1.50. The van der Waals surface area contributed by atoms with E-state index in [2.05, 4.69) is 0 Å². The summed E-state index contributed by atoms with van der Waals surface area (Å²) < 4.78 is 4.99. The Hall–Kier alpha value is -1.19. The van der Waals surface area contributed by atoms with Crippen LogP contribution in [-0.4, -0.2) is 18.2 Å². The Bertz CT molecular complexity index is 427. The number of halogens is 2. The Morgan fingerprint density at radius 3 is 2.69 bits per heavy atom. The van der Waals surface area contributed by atoms with Gasteiger partial charge in [0.15, 0.2) is 0 Å². The van der Waals surface area contributed by atoms with Crippen LogP contribution < -0.4 is 4.74 Å². The second kappa shape index (κ2) is 5.77. The SMILES string of the molecule is COc1cc(Cl)c(C/C=C/C(=O)O)cc1Cl. The average molecular weight is 261 g/mol. The summed E-state index contributed by atoms with van der Waals surface area (Å²) in [5, 5.41) is 9.38. The molecule has 1 aromatic carbocycles. The van der Waals surface area contributed by atoms with Crippen molar-refractivity contribution in [1.82, 2.24) is 0 Å². The number of rotatable bonds is 4. The summed E-state index contributed by atoms with van der Waals surface area (Å²) in [5.41, 5.74) is 0.755. The van der Waals surface area contributed by atoms with Crippen LogP contribution in [-0.2, 0) is 11.2 Å². The summed E-state index contributed by atoms with van der Waals surface area (Å²) in [4.78, 5) is 10.3. The molecule has 3 nitrogen and oxygen atoms in total. The van der Waals surface area contributed by atoms with Gasteiger partial charge in [-0.15, -0.1) is 0 Å². The first-order chi connectivity index (χ1) is 7.54. The minimum absolute atomic E-state index is 0.412. The number of aliphatic carboxylic acids is 1. The molecule has 0 atom stereocenters. The zero-order valence-corrected chi connectivity index (χ0v) is 10.0. The average Bonchev–Trinajstić information content (AvgIpc) is 2.22. The number of hydrogen-bond acceptors (Lipinski definition) is 2. The van der Waals surface area contributed by atoms with Crippen molar-refractivity contribution in [3.63, 3.8) is 0 Å². The smallest absolute Gasteiger partial charge is 0.327 e. The highest BCUT2D eigenvalue weighted by atomic mass is 35.5. The maximum atomic E-state index is 10.3. The second-order valence-corrected chi connectivity index (χ2v) is 3.84. The van der Waals surface area contributed by atoms with Crippen molar-refractivity contribution in [2.75, 3.05) is 7.11 Å². The van der Waals surface area contributed by atoms with E-state index in [0.717, 1.165) is 11.6 Å². The summed E-state index contributed by atoms with van der Waals surface area (Å²) >= 11 is 11.9. The fourth-order valence-electron chi connectivity index (χ4n) is 1.17. The highest BCUT2D eigenvalue weighted by Gasteiger charge is 2.06. The second-order valence-electron chi connectivity index (χ2n) is 3.02. The summed E-state index contributed by atoms with van der Waals surface area (Å²) in [6.45, 7) is 0. The molecule has 0 aromatic heterocycles. The molecule has 0 spiro atoms. The summed E-state index contributed by atoms with van der Waals surface area (Å²) in [6.07, 6.45) is 2.98. The van der Waals surface area contributed by atoms with Gasteiger partial charge < -0.3 is 9.84 Å². The lowest BCUT2D eigenvalue weighted by atomic mass is 10.1. The van der Waals surface area contributed by atoms with Crippen LogP contribution >= 0.6 is 23.2 Å². The molecule has 0 saturated carbocycles. The van der Waals surface area contributed by atoms with Gasteiger partial charge in [-0.05, 0) is 18.1 Å². The third kappa shape index (κ3) is 3.43. The van der Waals surface area contributed by atoms with Gasteiger partial charge in [-0.1, -0.05) is 29.3 Å². The van der Waals surface area contributed by atoms with Gasteiger partial charge in [0, 0.05) is 17.2 Å². The number of carboxylic acid groups (broad SMARTS) is 1. The zero-order chi connectivity index (χ0) is 12.1. The molecule has 0 bridgehead atoms. The van der Waals surface area contributed by atoms with Crippen LogP contribution in [0.1, 0.15) is 5.56 Å². The molecule has 0 aliphatic carbocycles. The standard InChI is InChI=1S/C11H10Cl2O3/c1-16-10-6-8(12)7(5-9(10)13)3-2-4-11(14)15/h2,4-6H,3H2,1H3,(H,14,15)/b4-2+. The van der Waals surface area contributed by atoms with Crippen molar-refractivity contribution in [2.45, 2.75) is 6.42 Å². The van der Waals surface area contributed by atoms with Crippen molar-refractivity contribution in [2.24, 2.45) is 0 Å². The number of methoxy groups -OCH3 is 1. The normalized spacial score (nSPS) is 10.7. The molecule has 1 N–H and O–H groups in total. The maximum Gasteiger partial charge on any atom is 0.327 e. The number of ether oxygens (including phenoxy) is 1. The van der Waals surface area contributed by atoms with Crippen molar-refractivity contribution >= 4 is 29.2 Å². The van der Waals surface area contributed by atoms with Crippen LogP contribution in [0.3, 0.4) is 0 Å². The van der Waals surface area contributed by atoms with Crippen molar-refractivity contribution in [3.8, 4) is 5.75 Å². The number of allylic oxidation sites excluding steroid dienone is 1. The molecule has 0 heterocycles. The number of carbonyl (C=O) groups is 1. The van der Waals surface area contributed by atoms with Crippen LogP contribution in [0.25, 0.3) is 0 Å². The quantitative estimate of drug-likeness (QED) is 0.846. The number of benzene rings is 1. The molecular weight excluding hydrogens is 251 g/mol. The number of hydrogen-bond donors (Lipinski definition) is 1. The van der Waals surface area contributed by atoms with E-state index in [1.54, 1.807) is 12.1 Å². The van der Waals surface area contributed by atoms with Gasteiger partial charge in [0.1, 0.15) is 5.75 Å². The Balaban J connectivity index is 2.89. The van der Waals surface area contributed by atoms with Gasteiger partial charge in [-0.25, -0.2) is 4.79 Å². The van der Waals surface area contributed by atoms with E-state index < -0.39 is 5.97 Å². The van der Waals surface area contributed by atoms with E-state index in [1.807, 2.05) is 0 Å². The molecule has 16 heavy (non-hydrogen) atoms. The zero-order valence-electron chi connectivity index (χ0n) is 8.54. The summed E-state index contributed by atoms with van der Waals surface area (Å²) in [6, 6.07) is 3.27. The lowest BCUT2D eigenvalue weighted by molar-refractivity contribution is -0.131. The minimum Gasteiger partial charge on any atom is -0.495 e. The summed E-state index contributed by atoms with van der Waals surface area (Å²) in [5.74, 6) is -0.492. The Kier molecular flexibility index (Phi) is 4.65. The highest BCUT2D eigenvalue weighted by Crippen LogP contribution is 2.31. The van der Waals surface area contributed by atoms with E-state index in [-0.39, 0.29) is 0 Å². The Labute approximate surface area is 103 Å². The molecule has 0 fully saturated rings. The van der Waals surface area contributed by atoms with Gasteiger partial charge in [0.25, 0.3) is 0 Å². The van der Waals surface area contributed by atoms with Gasteiger partial charge in [0.05, 0.1) is 12.1 Å². The maximum absolute atomic E-state index is 10.3. The van der Waals surface area contributed by atoms with Gasteiger partial charge in [0.2, 0.25) is 0 Å². The fraction of sp³-hybridized carbons (Fsp3) is 0.182. The van der Waals surface area contributed by atoms with E-state index in [4.69, 9.17) is 33.0 Å². The minimum atomic E-state index is -0.990. The Morgan fingerprint density at radius 1 is 1.44 bits per heavy atom. The molecule has 1 rings (SSSR count). The molecular formula is C11H10Cl2O3. The number of carboxylic acids is 1. The van der Waals surface area contributed by atoms with Crippen molar-refractivity contribution < 1.29 is 14.6 Å². The first kappa shape index (κ1) is 12.9. The molecule has 0 unspecified atom stereocenters. The predicted octanol–water partition coefficient (Wildman–Crippen LogP) is 3.19. The lowest BCUT2D eigenvalue weighted by Crippen LogP contribution is -1.91. The van der Waals surface area contributed by atoms with Crippen LogP contribution in [0.4, 0.5) is 0 Å². The molecule has 0 aliphatic heterocycles. The monoisotopic (exact) mass is 260 g/mol. The third-order valence-corrected chi connectivity index (χ3v) is 2.57. The van der Waals surface area contributed by atoms with Crippen LogP contribution in [0.2, 0.25) is 10.0 Å². The first-order valence-electron chi connectivity index (χ1n) is 4.46. The molecule has 0 radical (unpaired) electrons. The van der Waals surface area contributed by atoms with E-state index in [9.17, 15) is 4.79 Å². The fourth-order valence-corrected chi connectivity index (χ4v) is 1.66. The predicted molar refractivity (Wildman–Crippen MR) is 63.5 cm³/mol. The van der Waals surface area contributed by atoms with E-state index in [1.165, 1.54) is 13.2 Å². The molecule has 0 aliphatic rings. The molecule has 5 heteroatoms. The lowest BCUT2D eigenvalue weighted by Gasteiger charge is -2.07. The third-order valence-electron chi connectivity index (χ3n) is 1.92. The van der Waals surface area contributed by atoms with Crippen LogP contribution in [0.15, 0.2) is 24.3 Å². The largest absolute Gasteiger partial charge is 0.495 e. The first-order valence-corrected chi connectivity index (χ1v) is 5.21. The van der Waals surface area contributed by atoms with Crippen molar-refractivity contribution in [3.05, 3.63) is 39.9 Å².